The average molecular weight is 535 g/mol. The molecule has 2 aromatic heterocycles. The van der Waals surface area contributed by atoms with Gasteiger partial charge in [-0.2, -0.15) is 14.8 Å². The van der Waals surface area contributed by atoms with Crippen LogP contribution < -0.4 is 25.5 Å². The monoisotopic (exact) mass is 534 g/mol. The van der Waals surface area contributed by atoms with Crippen molar-refractivity contribution < 1.29 is 14.3 Å². The number of fused-ring (bicyclic) bond motifs is 1. The van der Waals surface area contributed by atoms with Gasteiger partial charge in [0.2, 0.25) is 5.95 Å². The lowest BCUT2D eigenvalue weighted by Crippen LogP contribution is -2.34. The lowest BCUT2D eigenvalue weighted by molar-refractivity contribution is -0.123. The predicted octanol–water partition coefficient (Wildman–Crippen LogP) is 3.25. The van der Waals surface area contributed by atoms with E-state index in [1.54, 1.807) is 35.4 Å². The van der Waals surface area contributed by atoms with Crippen molar-refractivity contribution in [2.75, 3.05) is 19.0 Å². The molecule has 0 spiro atoms. The van der Waals surface area contributed by atoms with Crippen LogP contribution in [0.15, 0.2) is 70.7 Å². The molecule has 0 saturated heterocycles. The Morgan fingerprint density at radius 1 is 1.21 bits per heavy atom. The van der Waals surface area contributed by atoms with Gasteiger partial charge in [-0.1, -0.05) is 17.7 Å². The number of aromatic nitrogens is 4. The number of hydrazone groups is 1. The Bertz CT molecular complexity index is 1420. The molecule has 0 bridgehead atoms. The molecule has 3 heterocycles. The van der Waals surface area contributed by atoms with Gasteiger partial charge in [0, 0.05) is 30.2 Å². The summed E-state index contributed by atoms with van der Waals surface area (Å²) in [6, 6.07) is 9.03. The van der Waals surface area contributed by atoms with Crippen LogP contribution in [0.1, 0.15) is 13.8 Å². The van der Waals surface area contributed by atoms with Crippen molar-refractivity contribution in [2.24, 2.45) is 11.0 Å². The van der Waals surface area contributed by atoms with Gasteiger partial charge in [-0.3, -0.25) is 9.78 Å². The van der Waals surface area contributed by atoms with Gasteiger partial charge in [0.1, 0.15) is 0 Å². The van der Waals surface area contributed by atoms with E-state index >= 15 is 0 Å². The van der Waals surface area contributed by atoms with Gasteiger partial charge >= 0.3 is 0 Å². The molecule has 0 fully saturated rings. The fourth-order valence-corrected chi connectivity index (χ4v) is 4.36. The largest absolute Gasteiger partial charge is 0.493 e. The maximum Gasteiger partial charge on any atom is 0.258 e. The van der Waals surface area contributed by atoms with Crippen LogP contribution in [0.3, 0.4) is 0 Å². The van der Waals surface area contributed by atoms with Crippen LogP contribution in [-0.2, 0) is 4.79 Å². The van der Waals surface area contributed by atoms with Gasteiger partial charge in [0.05, 0.1) is 35.5 Å². The van der Waals surface area contributed by atoms with Crippen molar-refractivity contribution in [3.05, 3.63) is 65.6 Å². The fourth-order valence-electron chi connectivity index (χ4n) is 4.06. The summed E-state index contributed by atoms with van der Waals surface area (Å²) in [6.45, 7) is 3.66. The number of carbonyl (C=O) groups excluding carboxylic acids is 1. The number of ether oxygens (including phenoxy) is 2. The standard InChI is InChI=1S/C26H27ClN8O3/c1-15(2)30-23(36)14-38-21-7-4-16(12-22(21)37-3)25-32-26(35(34-25)17-8-10-28-11-9-17)31-20-6-5-19-18(24(20)27)13-29-33-19/h4-13,15,18-19,33H,14H2,1-3H3,(H,30,36)(H,31,32,34). The molecule has 1 aliphatic carbocycles. The first-order valence-corrected chi connectivity index (χ1v) is 12.4. The van der Waals surface area contributed by atoms with Crippen LogP contribution in [0.5, 0.6) is 11.5 Å². The molecule has 1 aromatic carbocycles. The molecule has 12 heteroatoms. The Hall–Kier alpha value is -4.38. The predicted molar refractivity (Wildman–Crippen MR) is 144 cm³/mol. The number of rotatable bonds is 9. The highest BCUT2D eigenvalue weighted by Gasteiger charge is 2.30. The third-order valence-corrected chi connectivity index (χ3v) is 6.31. The van der Waals surface area contributed by atoms with E-state index in [1.165, 1.54) is 7.11 Å². The summed E-state index contributed by atoms with van der Waals surface area (Å²) in [5.74, 6) is 1.54. The summed E-state index contributed by atoms with van der Waals surface area (Å²) in [7, 11) is 1.54. The number of hydrogen-bond donors (Lipinski definition) is 3. The molecule has 0 saturated carbocycles. The van der Waals surface area contributed by atoms with Crippen molar-refractivity contribution in [1.29, 1.82) is 0 Å². The van der Waals surface area contributed by atoms with E-state index in [9.17, 15) is 4.79 Å². The highest BCUT2D eigenvalue weighted by atomic mass is 35.5. The van der Waals surface area contributed by atoms with E-state index < -0.39 is 0 Å². The van der Waals surface area contributed by atoms with Crippen molar-refractivity contribution in [1.82, 2.24) is 30.5 Å². The number of nitrogens with one attached hydrogen (secondary N) is 3. The topological polar surface area (TPSA) is 128 Å². The van der Waals surface area contributed by atoms with Gasteiger partial charge in [-0.15, -0.1) is 5.10 Å². The summed E-state index contributed by atoms with van der Waals surface area (Å²) in [5.41, 5.74) is 5.20. The Morgan fingerprint density at radius 3 is 2.79 bits per heavy atom. The van der Waals surface area contributed by atoms with Gasteiger partial charge in [0.15, 0.2) is 23.9 Å². The molecule has 1 amide bonds. The second kappa shape index (κ2) is 10.9. The number of carbonyl (C=O) groups is 1. The average Bonchev–Trinajstić information content (AvgIpc) is 3.57. The van der Waals surface area contributed by atoms with Gasteiger partial charge in [-0.05, 0) is 50.3 Å². The van der Waals surface area contributed by atoms with Crippen LogP contribution in [-0.4, -0.2) is 57.7 Å². The Morgan fingerprint density at radius 2 is 2.03 bits per heavy atom. The number of anilines is 1. The van der Waals surface area contributed by atoms with Crippen molar-refractivity contribution in [3.63, 3.8) is 0 Å². The number of hydrogen-bond acceptors (Lipinski definition) is 9. The molecule has 0 radical (unpaired) electrons. The Labute approximate surface area is 224 Å². The molecule has 1 aliphatic heterocycles. The van der Waals surface area contributed by atoms with Crippen LogP contribution >= 0.6 is 11.6 Å². The smallest absolute Gasteiger partial charge is 0.258 e. The summed E-state index contributed by atoms with van der Waals surface area (Å²) >= 11 is 6.70. The zero-order valence-electron chi connectivity index (χ0n) is 21.1. The van der Waals surface area contributed by atoms with Gasteiger partial charge in [-0.25, -0.2) is 0 Å². The SMILES string of the molecule is COc1cc(-c2nc(NC3=C(Cl)C4C=NNC4C=C3)n(-c3ccncc3)n2)ccc1OCC(=O)NC(C)C. The highest BCUT2D eigenvalue weighted by Crippen LogP contribution is 2.34. The number of pyridine rings is 1. The zero-order chi connectivity index (χ0) is 26.6. The lowest BCUT2D eigenvalue weighted by Gasteiger charge is -2.21. The number of methoxy groups -OCH3 is 1. The molecule has 3 aromatic rings. The normalized spacial score (nSPS) is 17.8. The van der Waals surface area contributed by atoms with E-state index in [0.29, 0.717) is 39.6 Å². The van der Waals surface area contributed by atoms with Crippen LogP contribution in [0.25, 0.3) is 17.1 Å². The molecular formula is C26H27ClN8O3. The Balaban J connectivity index is 1.45. The molecule has 3 N–H and O–H groups in total. The van der Waals surface area contributed by atoms with E-state index in [2.05, 4.69) is 26.1 Å². The number of benzene rings is 1. The first kappa shape index (κ1) is 25.3. The lowest BCUT2D eigenvalue weighted by atomic mass is 9.96. The van der Waals surface area contributed by atoms with Crippen molar-refractivity contribution >= 4 is 29.7 Å². The molecular weight excluding hydrogens is 508 g/mol. The number of allylic oxidation sites excluding steroid dienone is 1. The Kier molecular flexibility index (Phi) is 7.27. The van der Waals surface area contributed by atoms with E-state index in [4.69, 9.17) is 31.2 Å². The second-order valence-electron chi connectivity index (χ2n) is 8.96. The molecule has 38 heavy (non-hydrogen) atoms. The number of nitrogens with zero attached hydrogens (tertiary/aromatic N) is 5. The summed E-state index contributed by atoms with van der Waals surface area (Å²) in [4.78, 5) is 20.9. The van der Waals surface area contributed by atoms with Gasteiger partial charge < -0.3 is 25.5 Å². The fraction of sp³-hybridized carbons (Fsp3) is 0.269. The summed E-state index contributed by atoms with van der Waals surface area (Å²) in [5, 5.41) is 15.6. The minimum Gasteiger partial charge on any atom is -0.493 e. The number of amides is 1. The minimum atomic E-state index is -0.213. The van der Waals surface area contributed by atoms with Crippen molar-refractivity contribution in [3.8, 4) is 28.6 Å². The van der Waals surface area contributed by atoms with E-state index in [0.717, 1.165) is 5.69 Å². The highest BCUT2D eigenvalue weighted by molar-refractivity contribution is 6.32. The van der Waals surface area contributed by atoms with E-state index in [-0.39, 0.29) is 30.5 Å². The van der Waals surface area contributed by atoms with E-state index in [1.807, 2.05) is 44.2 Å². The maximum absolute atomic E-state index is 12.0. The molecule has 5 rings (SSSR count). The zero-order valence-corrected chi connectivity index (χ0v) is 21.8. The van der Waals surface area contributed by atoms with Gasteiger partial charge in [0.25, 0.3) is 5.91 Å². The first-order valence-electron chi connectivity index (χ1n) is 12.0. The third kappa shape index (κ3) is 5.32. The molecule has 2 atom stereocenters. The molecule has 2 aliphatic rings. The van der Waals surface area contributed by atoms with Crippen LogP contribution in [0, 0.1) is 5.92 Å². The molecule has 11 nitrogen and oxygen atoms in total. The minimum absolute atomic E-state index is 0.0268. The summed E-state index contributed by atoms with van der Waals surface area (Å²) < 4.78 is 12.9. The van der Waals surface area contributed by atoms with Crippen molar-refractivity contribution in [2.45, 2.75) is 25.9 Å². The first-order chi connectivity index (χ1) is 18.4. The maximum atomic E-state index is 12.0. The van der Waals surface area contributed by atoms with Crippen LogP contribution in [0.4, 0.5) is 5.95 Å². The second-order valence-corrected chi connectivity index (χ2v) is 9.36. The molecule has 2 unspecified atom stereocenters. The van der Waals surface area contributed by atoms with Crippen LogP contribution in [0.2, 0.25) is 0 Å². The quantitative estimate of drug-likeness (QED) is 0.382. The molecule has 196 valence electrons. The number of halogens is 1. The third-order valence-electron chi connectivity index (χ3n) is 5.86. The summed E-state index contributed by atoms with van der Waals surface area (Å²) in [6.07, 6.45) is 9.07.